The van der Waals surface area contributed by atoms with E-state index in [0.29, 0.717) is 17.5 Å². The highest BCUT2D eigenvalue weighted by Gasteiger charge is 2.30. The number of thioether (sulfide) groups is 1. The van der Waals surface area contributed by atoms with Crippen LogP contribution < -0.4 is 5.32 Å². The van der Waals surface area contributed by atoms with Crippen LogP contribution in [0, 0.1) is 6.92 Å². The van der Waals surface area contributed by atoms with E-state index in [2.05, 4.69) is 32.5 Å². The van der Waals surface area contributed by atoms with Gasteiger partial charge in [-0.2, -0.15) is 9.78 Å². The van der Waals surface area contributed by atoms with Crippen LogP contribution in [0.2, 0.25) is 0 Å². The van der Waals surface area contributed by atoms with Crippen LogP contribution in [0.4, 0.5) is 5.82 Å². The van der Waals surface area contributed by atoms with Gasteiger partial charge in [-0.25, -0.2) is 9.97 Å². The number of rotatable bonds is 2. The summed E-state index contributed by atoms with van der Waals surface area (Å²) < 4.78 is 1.62. The number of amides is 1. The number of aryl methyl sites for hydroxylation is 1. The van der Waals surface area contributed by atoms with Gasteiger partial charge < -0.3 is 5.32 Å². The van der Waals surface area contributed by atoms with Crippen LogP contribution in [-0.2, 0) is 4.79 Å². The van der Waals surface area contributed by atoms with E-state index in [1.165, 1.54) is 0 Å². The molecule has 4 rings (SSSR count). The van der Waals surface area contributed by atoms with E-state index in [1.54, 1.807) is 34.9 Å². The second kappa shape index (κ2) is 6.09. The maximum atomic E-state index is 12.2. The molecule has 1 aliphatic rings. The lowest BCUT2D eigenvalue weighted by Gasteiger charge is -2.15. The Kier molecular flexibility index (Phi) is 3.78. The van der Waals surface area contributed by atoms with Gasteiger partial charge in [0.05, 0.1) is 16.7 Å². The van der Waals surface area contributed by atoms with E-state index < -0.39 is 0 Å². The molecular weight excluding hydrogens is 322 g/mol. The monoisotopic (exact) mass is 337 g/mol. The molecule has 0 spiro atoms. The number of hydrogen-bond donors (Lipinski definition) is 1. The Bertz CT molecular complexity index is 879. The summed E-state index contributed by atoms with van der Waals surface area (Å²) >= 11 is 1.60. The third-order valence-corrected chi connectivity index (χ3v) is 5.12. The maximum absolute atomic E-state index is 12.2. The summed E-state index contributed by atoms with van der Waals surface area (Å²) in [6.45, 7) is 1.95. The third kappa shape index (κ3) is 2.56. The molecule has 2 aromatic heterocycles. The van der Waals surface area contributed by atoms with Crippen molar-refractivity contribution in [2.24, 2.45) is 0 Å². The number of benzene rings is 1. The van der Waals surface area contributed by atoms with Crippen molar-refractivity contribution in [1.29, 1.82) is 0 Å². The number of hydrogen-bond acceptors (Lipinski definition) is 5. The lowest BCUT2D eigenvalue weighted by molar-refractivity contribution is -0.113. The van der Waals surface area contributed by atoms with Gasteiger partial charge in [-0.3, -0.25) is 4.79 Å². The number of carbonyl (C=O) groups excluding carboxylic acids is 1. The molecule has 1 N–H and O–H groups in total. The minimum absolute atomic E-state index is 0.0395. The fourth-order valence-corrected chi connectivity index (χ4v) is 4.01. The van der Waals surface area contributed by atoms with E-state index in [1.807, 2.05) is 25.1 Å². The van der Waals surface area contributed by atoms with Gasteiger partial charge in [0.15, 0.2) is 0 Å². The van der Waals surface area contributed by atoms with E-state index >= 15 is 0 Å². The van der Waals surface area contributed by atoms with Gasteiger partial charge in [0.1, 0.15) is 5.82 Å². The number of anilines is 1. The molecule has 1 aliphatic heterocycles. The summed E-state index contributed by atoms with van der Waals surface area (Å²) in [6, 6.07) is 11.9. The summed E-state index contributed by atoms with van der Waals surface area (Å²) in [5.41, 5.74) is 3.02. The van der Waals surface area contributed by atoms with Gasteiger partial charge in [0, 0.05) is 18.0 Å². The van der Waals surface area contributed by atoms with Crippen molar-refractivity contribution in [2.75, 3.05) is 11.1 Å². The molecule has 1 atom stereocenters. The minimum Gasteiger partial charge on any atom is -0.309 e. The zero-order valence-corrected chi connectivity index (χ0v) is 13.8. The van der Waals surface area contributed by atoms with Crippen molar-refractivity contribution in [3.63, 3.8) is 0 Å². The highest BCUT2D eigenvalue weighted by Crippen LogP contribution is 2.43. The molecule has 24 heavy (non-hydrogen) atoms. The molecule has 3 aromatic rings. The predicted octanol–water partition coefficient (Wildman–Crippen LogP) is 2.75. The molecule has 0 unspecified atom stereocenters. The minimum atomic E-state index is -0.0447. The van der Waals surface area contributed by atoms with Crippen LogP contribution in [-0.4, -0.2) is 31.4 Å². The molecule has 120 valence electrons. The molecule has 1 amide bonds. The van der Waals surface area contributed by atoms with Crippen LogP contribution in [0.5, 0.6) is 0 Å². The Hall–Kier alpha value is -2.67. The fraction of sp³-hybridized carbons (Fsp3) is 0.176. The molecule has 7 heteroatoms. The second-order valence-electron chi connectivity index (χ2n) is 5.46. The molecule has 0 aliphatic carbocycles. The first-order valence-corrected chi connectivity index (χ1v) is 8.62. The van der Waals surface area contributed by atoms with Gasteiger partial charge in [-0.05, 0) is 18.6 Å². The Morgan fingerprint density at radius 1 is 1.17 bits per heavy atom. The van der Waals surface area contributed by atoms with E-state index in [0.717, 1.165) is 16.8 Å². The van der Waals surface area contributed by atoms with Crippen molar-refractivity contribution < 1.29 is 4.79 Å². The molecule has 6 nitrogen and oxygen atoms in total. The van der Waals surface area contributed by atoms with E-state index in [9.17, 15) is 4.79 Å². The van der Waals surface area contributed by atoms with Crippen LogP contribution >= 0.6 is 11.8 Å². The molecular formula is C17H15N5OS. The number of nitrogens with zero attached hydrogens (tertiary/aromatic N) is 4. The Morgan fingerprint density at radius 3 is 2.67 bits per heavy atom. The van der Waals surface area contributed by atoms with Crippen LogP contribution in [0.25, 0.3) is 5.95 Å². The highest BCUT2D eigenvalue weighted by molar-refractivity contribution is 8.00. The van der Waals surface area contributed by atoms with Gasteiger partial charge in [-0.1, -0.05) is 30.3 Å². The van der Waals surface area contributed by atoms with Gasteiger partial charge in [0.2, 0.25) is 5.91 Å². The first kappa shape index (κ1) is 14.9. The Balaban J connectivity index is 1.90. The SMILES string of the molecule is Cc1nn(-c2ncccn2)c2c1[C@H](c1ccccc1)SCC(=O)N2. The summed E-state index contributed by atoms with van der Waals surface area (Å²) in [7, 11) is 0. The van der Waals surface area contributed by atoms with Crippen molar-refractivity contribution >= 4 is 23.5 Å². The van der Waals surface area contributed by atoms with Crippen molar-refractivity contribution in [1.82, 2.24) is 19.7 Å². The summed E-state index contributed by atoms with van der Waals surface area (Å²) in [6.07, 6.45) is 3.32. The number of nitrogens with one attached hydrogen (secondary N) is 1. The average molecular weight is 337 g/mol. The van der Waals surface area contributed by atoms with Crippen LogP contribution in [0.1, 0.15) is 22.1 Å². The van der Waals surface area contributed by atoms with Crippen LogP contribution in [0.3, 0.4) is 0 Å². The lowest BCUT2D eigenvalue weighted by atomic mass is 10.0. The van der Waals surface area contributed by atoms with Crippen molar-refractivity contribution in [3.05, 3.63) is 65.6 Å². The molecule has 1 aromatic carbocycles. The molecule has 0 saturated heterocycles. The standard InChI is InChI=1S/C17H15N5OS/c1-11-14-15(12-6-3-2-4-7-12)24-10-13(23)20-16(14)22(21-11)17-18-8-5-9-19-17/h2-9,15H,10H2,1H3,(H,20,23)/t15-/m0/s1. The predicted molar refractivity (Wildman–Crippen MR) is 93.3 cm³/mol. The van der Waals surface area contributed by atoms with Crippen molar-refractivity contribution in [3.8, 4) is 5.95 Å². The first-order valence-electron chi connectivity index (χ1n) is 7.57. The fourth-order valence-electron chi connectivity index (χ4n) is 2.82. The molecule has 0 saturated carbocycles. The largest absolute Gasteiger partial charge is 0.309 e. The smallest absolute Gasteiger partial charge is 0.252 e. The number of aromatic nitrogens is 4. The molecule has 0 bridgehead atoms. The van der Waals surface area contributed by atoms with Crippen molar-refractivity contribution in [2.45, 2.75) is 12.2 Å². The third-order valence-electron chi connectivity index (χ3n) is 3.85. The average Bonchev–Trinajstić information content (AvgIpc) is 2.83. The summed E-state index contributed by atoms with van der Waals surface area (Å²) in [5, 5.41) is 7.59. The Morgan fingerprint density at radius 2 is 1.92 bits per heavy atom. The number of fused-ring (bicyclic) bond motifs is 1. The maximum Gasteiger partial charge on any atom is 0.252 e. The Labute approximate surface area is 143 Å². The topological polar surface area (TPSA) is 72.7 Å². The summed E-state index contributed by atoms with van der Waals surface area (Å²) in [5.74, 6) is 1.45. The zero-order chi connectivity index (χ0) is 16.5. The quantitative estimate of drug-likeness (QED) is 0.778. The van der Waals surface area contributed by atoms with Crippen LogP contribution in [0.15, 0.2) is 48.8 Å². The van der Waals surface area contributed by atoms with E-state index in [4.69, 9.17) is 0 Å². The molecule has 3 heterocycles. The van der Waals surface area contributed by atoms with E-state index in [-0.39, 0.29) is 11.2 Å². The van der Waals surface area contributed by atoms with Gasteiger partial charge in [0.25, 0.3) is 5.95 Å². The molecule has 0 fully saturated rings. The zero-order valence-electron chi connectivity index (χ0n) is 13.0. The first-order chi connectivity index (χ1) is 11.7. The normalized spacial score (nSPS) is 17.0. The lowest BCUT2D eigenvalue weighted by Crippen LogP contribution is -2.16. The second-order valence-corrected chi connectivity index (χ2v) is 6.55. The summed E-state index contributed by atoms with van der Waals surface area (Å²) in [4.78, 5) is 20.7. The molecule has 0 radical (unpaired) electrons. The number of carbonyl (C=O) groups is 1. The van der Waals surface area contributed by atoms with Gasteiger partial charge in [-0.15, -0.1) is 11.8 Å². The van der Waals surface area contributed by atoms with Gasteiger partial charge >= 0.3 is 0 Å². The highest BCUT2D eigenvalue weighted by atomic mass is 32.2.